The van der Waals surface area contributed by atoms with Gasteiger partial charge in [0.25, 0.3) is 11.8 Å². The average Bonchev–Trinajstić information content (AvgIpc) is 2.93. The summed E-state index contributed by atoms with van der Waals surface area (Å²) in [4.78, 5) is 25.7. The summed E-state index contributed by atoms with van der Waals surface area (Å²) in [5, 5.41) is 5.78. The molecule has 0 fully saturated rings. The highest BCUT2D eigenvalue weighted by molar-refractivity contribution is 6.09. The molecule has 0 aliphatic carbocycles. The zero-order valence-corrected chi connectivity index (χ0v) is 19.9. The molecule has 0 heterocycles. The van der Waals surface area contributed by atoms with E-state index in [2.05, 4.69) is 10.6 Å². The Balaban J connectivity index is 1.31. The molecule has 6 heteroatoms. The molecule has 4 aromatic rings. The maximum atomic E-state index is 12.9. The molecule has 2 N–H and O–H groups in total. The van der Waals surface area contributed by atoms with Crippen molar-refractivity contribution in [3.63, 3.8) is 0 Å². The summed E-state index contributed by atoms with van der Waals surface area (Å²) in [5.41, 5.74) is 2.43. The lowest BCUT2D eigenvalue weighted by Crippen LogP contribution is -2.27. The zero-order chi connectivity index (χ0) is 25.0. The van der Waals surface area contributed by atoms with Gasteiger partial charge in [0.1, 0.15) is 24.7 Å². The molecule has 0 aliphatic heterocycles. The van der Waals surface area contributed by atoms with Gasteiger partial charge in [-0.1, -0.05) is 66.7 Å². The molecule has 0 atom stereocenters. The third-order valence-electron chi connectivity index (χ3n) is 5.42. The Morgan fingerprint density at radius 2 is 1.28 bits per heavy atom. The second kappa shape index (κ2) is 12.8. The third kappa shape index (κ3) is 7.21. The first kappa shape index (κ1) is 24.5. The number of hydrogen-bond acceptors (Lipinski definition) is 4. The summed E-state index contributed by atoms with van der Waals surface area (Å²) >= 11 is 0. The minimum Gasteiger partial charge on any atom is -0.490 e. The standard InChI is InChI=1S/C30H28N2O4/c33-29(24-12-9-15-26(22-24)36-21-20-35-25-13-5-2-6-14-25)32-28-17-8-7-16-27(28)30(34)31-19-18-23-10-3-1-4-11-23/h1-17,22H,18-21H2,(H,31,34)(H,32,33). The van der Waals surface area contributed by atoms with E-state index >= 15 is 0 Å². The van der Waals surface area contributed by atoms with Gasteiger partial charge in [-0.15, -0.1) is 0 Å². The van der Waals surface area contributed by atoms with Crippen LogP contribution in [0.1, 0.15) is 26.3 Å². The average molecular weight is 481 g/mol. The molecule has 4 aromatic carbocycles. The minimum absolute atomic E-state index is 0.239. The molecule has 0 spiro atoms. The second-order valence-corrected chi connectivity index (χ2v) is 8.03. The Bertz CT molecular complexity index is 1280. The fourth-order valence-electron chi connectivity index (χ4n) is 3.61. The van der Waals surface area contributed by atoms with Crippen molar-refractivity contribution in [2.45, 2.75) is 6.42 Å². The van der Waals surface area contributed by atoms with E-state index in [1.807, 2.05) is 60.7 Å². The maximum Gasteiger partial charge on any atom is 0.255 e. The number of ether oxygens (including phenoxy) is 2. The molecule has 182 valence electrons. The van der Waals surface area contributed by atoms with Crippen LogP contribution in [0, 0.1) is 0 Å². The summed E-state index contributed by atoms with van der Waals surface area (Å²) in [5.74, 6) is 0.770. The molecule has 0 aromatic heterocycles. The van der Waals surface area contributed by atoms with Crippen LogP contribution in [0.2, 0.25) is 0 Å². The number of amides is 2. The number of carbonyl (C=O) groups is 2. The number of nitrogens with one attached hydrogen (secondary N) is 2. The van der Waals surface area contributed by atoms with Crippen LogP contribution in [0.4, 0.5) is 5.69 Å². The summed E-state index contributed by atoms with van der Waals surface area (Å²) in [6.45, 7) is 1.22. The van der Waals surface area contributed by atoms with E-state index in [1.165, 1.54) is 0 Å². The van der Waals surface area contributed by atoms with E-state index in [4.69, 9.17) is 9.47 Å². The van der Waals surface area contributed by atoms with Crippen molar-refractivity contribution < 1.29 is 19.1 Å². The lowest BCUT2D eigenvalue weighted by atomic mass is 10.1. The molecule has 0 radical (unpaired) electrons. The first-order valence-electron chi connectivity index (χ1n) is 11.8. The van der Waals surface area contributed by atoms with E-state index in [9.17, 15) is 9.59 Å². The molecule has 0 bridgehead atoms. The molecule has 0 aliphatic rings. The lowest BCUT2D eigenvalue weighted by Gasteiger charge is -2.12. The molecular formula is C30H28N2O4. The van der Waals surface area contributed by atoms with Crippen LogP contribution in [-0.4, -0.2) is 31.6 Å². The van der Waals surface area contributed by atoms with Gasteiger partial charge in [-0.25, -0.2) is 0 Å². The maximum absolute atomic E-state index is 12.9. The summed E-state index contributed by atoms with van der Waals surface area (Å²) < 4.78 is 11.4. The van der Waals surface area contributed by atoms with Crippen LogP contribution < -0.4 is 20.1 Å². The SMILES string of the molecule is O=C(Nc1ccccc1C(=O)NCCc1ccccc1)c1cccc(OCCOc2ccccc2)c1. The number of anilines is 1. The number of rotatable bonds is 11. The monoisotopic (exact) mass is 480 g/mol. The van der Waals surface area contributed by atoms with Gasteiger partial charge in [-0.3, -0.25) is 9.59 Å². The highest BCUT2D eigenvalue weighted by atomic mass is 16.5. The first-order valence-corrected chi connectivity index (χ1v) is 11.8. The van der Waals surface area contributed by atoms with Gasteiger partial charge in [0.05, 0.1) is 11.3 Å². The van der Waals surface area contributed by atoms with Crippen molar-refractivity contribution in [2.75, 3.05) is 25.1 Å². The fourth-order valence-corrected chi connectivity index (χ4v) is 3.61. The van der Waals surface area contributed by atoms with Gasteiger partial charge in [-0.05, 0) is 54.4 Å². The van der Waals surface area contributed by atoms with Gasteiger partial charge in [0.2, 0.25) is 0 Å². The molecule has 0 unspecified atom stereocenters. The van der Waals surface area contributed by atoms with Crippen LogP contribution in [0.25, 0.3) is 0 Å². The Labute approximate surface area is 210 Å². The van der Waals surface area contributed by atoms with E-state index in [-0.39, 0.29) is 11.8 Å². The largest absolute Gasteiger partial charge is 0.490 e. The van der Waals surface area contributed by atoms with Crippen molar-refractivity contribution in [3.05, 3.63) is 126 Å². The van der Waals surface area contributed by atoms with E-state index < -0.39 is 0 Å². The van der Waals surface area contributed by atoms with Crippen molar-refractivity contribution in [1.82, 2.24) is 5.32 Å². The smallest absolute Gasteiger partial charge is 0.255 e. The Morgan fingerprint density at radius 3 is 2.06 bits per heavy atom. The van der Waals surface area contributed by atoms with Crippen LogP contribution >= 0.6 is 0 Å². The lowest BCUT2D eigenvalue weighted by molar-refractivity contribution is 0.0955. The zero-order valence-electron chi connectivity index (χ0n) is 19.9. The predicted molar refractivity (Wildman–Crippen MR) is 141 cm³/mol. The molecular weight excluding hydrogens is 452 g/mol. The van der Waals surface area contributed by atoms with Crippen LogP contribution in [0.15, 0.2) is 109 Å². The highest BCUT2D eigenvalue weighted by Crippen LogP contribution is 2.19. The number of para-hydroxylation sites is 2. The molecule has 36 heavy (non-hydrogen) atoms. The van der Waals surface area contributed by atoms with Crippen molar-refractivity contribution in [2.24, 2.45) is 0 Å². The van der Waals surface area contributed by atoms with Crippen LogP contribution in [0.3, 0.4) is 0 Å². The van der Waals surface area contributed by atoms with Crippen LogP contribution in [0.5, 0.6) is 11.5 Å². The Hall–Kier alpha value is -4.58. The molecule has 4 rings (SSSR count). The Morgan fingerprint density at radius 1 is 0.639 bits per heavy atom. The molecule has 0 saturated carbocycles. The van der Waals surface area contributed by atoms with Gasteiger partial charge in [0.15, 0.2) is 0 Å². The third-order valence-corrected chi connectivity index (χ3v) is 5.42. The van der Waals surface area contributed by atoms with Crippen molar-refractivity contribution in [1.29, 1.82) is 0 Å². The molecule has 2 amide bonds. The predicted octanol–water partition coefficient (Wildman–Crippen LogP) is 5.37. The molecule has 6 nitrogen and oxygen atoms in total. The number of hydrogen-bond donors (Lipinski definition) is 2. The second-order valence-electron chi connectivity index (χ2n) is 8.03. The van der Waals surface area contributed by atoms with Gasteiger partial charge >= 0.3 is 0 Å². The van der Waals surface area contributed by atoms with E-state index in [1.54, 1.807) is 48.5 Å². The quantitative estimate of drug-likeness (QED) is 0.283. The minimum atomic E-state index is -0.328. The van der Waals surface area contributed by atoms with Crippen molar-refractivity contribution in [3.8, 4) is 11.5 Å². The van der Waals surface area contributed by atoms with Crippen LogP contribution in [-0.2, 0) is 6.42 Å². The first-order chi connectivity index (χ1) is 17.7. The summed E-state index contributed by atoms with van der Waals surface area (Å²) in [6, 6.07) is 33.3. The van der Waals surface area contributed by atoms with E-state index in [0.29, 0.717) is 42.3 Å². The summed E-state index contributed by atoms with van der Waals surface area (Å²) in [6.07, 6.45) is 0.726. The highest BCUT2D eigenvalue weighted by Gasteiger charge is 2.14. The van der Waals surface area contributed by atoms with Gasteiger partial charge in [-0.2, -0.15) is 0 Å². The normalized spacial score (nSPS) is 10.3. The van der Waals surface area contributed by atoms with Gasteiger partial charge < -0.3 is 20.1 Å². The van der Waals surface area contributed by atoms with Crippen molar-refractivity contribution >= 4 is 17.5 Å². The Kier molecular flexibility index (Phi) is 8.70. The number of benzene rings is 4. The van der Waals surface area contributed by atoms with E-state index in [0.717, 1.165) is 17.7 Å². The fraction of sp³-hybridized carbons (Fsp3) is 0.133. The number of carbonyl (C=O) groups excluding carboxylic acids is 2. The topological polar surface area (TPSA) is 76.7 Å². The molecule has 0 saturated heterocycles. The van der Waals surface area contributed by atoms with Gasteiger partial charge in [0, 0.05) is 12.1 Å². The summed E-state index contributed by atoms with van der Waals surface area (Å²) in [7, 11) is 0.